The van der Waals surface area contributed by atoms with Crippen LogP contribution < -0.4 is 31.4 Å². The van der Waals surface area contributed by atoms with Gasteiger partial charge in [-0.15, -0.1) is 0 Å². The third-order valence-electron chi connectivity index (χ3n) is 2.87. The molecule has 0 bridgehead atoms. The van der Waals surface area contributed by atoms with E-state index in [0.717, 1.165) is 5.39 Å². The van der Waals surface area contributed by atoms with Crippen LogP contribution in [0.25, 0.3) is 10.9 Å². The molecule has 0 radical (unpaired) electrons. The van der Waals surface area contributed by atoms with Crippen molar-refractivity contribution in [3.63, 3.8) is 0 Å². The normalized spacial score (nSPS) is 11.1. The molecule has 0 fully saturated rings. The zero-order valence-corrected chi connectivity index (χ0v) is 12.4. The Labute approximate surface area is 128 Å². The van der Waals surface area contributed by atoms with Gasteiger partial charge in [0.05, 0.1) is 25.6 Å². The average Bonchev–Trinajstić information content (AvgIpc) is 2.51. The largest absolute Gasteiger partial charge is 0.493 e. The lowest BCUT2D eigenvalue weighted by molar-refractivity contribution is 0.355. The number of rotatable bonds is 5. The summed E-state index contributed by atoms with van der Waals surface area (Å²) in [4.78, 5) is 4.28. The van der Waals surface area contributed by atoms with Crippen LogP contribution >= 0.6 is 0 Å². The number of nitrogens with zero attached hydrogens (tertiary/aromatic N) is 1. The van der Waals surface area contributed by atoms with Crippen LogP contribution in [0.5, 0.6) is 17.2 Å². The Morgan fingerprint density at radius 2 is 1.68 bits per heavy atom. The van der Waals surface area contributed by atoms with Gasteiger partial charge in [-0.3, -0.25) is 4.98 Å². The fourth-order valence-electron chi connectivity index (χ4n) is 1.88. The molecule has 7 nitrogen and oxygen atoms in total. The van der Waals surface area contributed by atoms with Gasteiger partial charge in [-0.1, -0.05) is 0 Å². The standard InChI is InChI=1S/C15H18N4O3/c1-20-12-7-9-10(8-13(12)21-2)19-6-5-11(9)22-15(18)4-3-14(16)17/h3-8H,16-18H2,1-2H3/b15-4+. The number of fused-ring (bicyclic) bond motifs is 1. The highest BCUT2D eigenvalue weighted by Crippen LogP contribution is 2.35. The summed E-state index contributed by atoms with van der Waals surface area (Å²) in [5, 5.41) is 0.737. The van der Waals surface area contributed by atoms with Gasteiger partial charge in [0.1, 0.15) is 5.75 Å². The highest BCUT2D eigenvalue weighted by molar-refractivity contribution is 5.88. The number of aromatic nitrogens is 1. The summed E-state index contributed by atoms with van der Waals surface area (Å²) in [7, 11) is 3.12. The Hall–Kier alpha value is -3.09. The van der Waals surface area contributed by atoms with Gasteiger partial charge in [0.2, 0.25) is 0 Å². The average molecular weight is 302 g/mol. The van der Waals surface area contributed by atoms with Crippen molar-refractivity contribution in [2.24, 2.45) is 17.2 Å². The molecule has 2 rings (SSSR count). The molecule has 0 atom stereocenters. The molecule has 1 heterocycles. The van der Waals surface area contributed by atoms with E-state index in [4.69, 9.17) is 31.4 Å². The van der Waals surface area contributed by atoms with Gasteiger partial charge < -0.3 is 31.4 Å². The molecule has 0 spiro atoms. The topological polar surface area (TPSA) is 119 Å². The maximum atomic E-state index is 5.78. The van der Waals surface area contributed by atoms with Crippen molar-refractivity contribution in [1.82, 2.24) is 4.98 Å². The Kier molecular flexibility index (Phi) is 4.57. The summed E-state index contributed by atoms with van der Waals surface area (Å²) >= 11 is 0. The summed E-state index contributed by atoms with van der Waals surface area (Å²) in [6.07, 6.45) is 4.54. The lowest BCUT2D eigenvalue weighted by Gasteiger charge is -2.12. The van der Waals surface area contributed by atoms with Gasteiger partial charge in [0, 0.05) is 23.7 Å². The summed E-state index contributed by atoms with van der Waals surface area (Å²) in [6, 6.07) is 5.24. The van der Waals surface area contributed by atoms with Gasteiger partial charge in [-0.2, -0.15) is 0 Å². The molecule has 1 aromatic carbocycles. The second-order valence-corrected chi connectivity index (χ2v) is 4.37. The van der Waals surface area contributed by atoms with Crippen LogP contribution in [0.1, 0.15) is 0 Å². The van der Waals surface area contributed by atoms with Crippen molar-refractivity contribution >= 4 is 10.9 Å². The van der Waals surface area contributed by atoms with Gasteiger partial charge in [0.15, 0.2) is 17.4 Å². The van der Waals surface area contributed by atoms with Gasteiger partial charge in [-0.25, -0.2) is 0 Å². The number of methoxy groups -OCH3 is 2. The predicted octanol–water partition coefficient (Wildman–Crippen LogP) is 1.19. The number of allylic oxidation sites excluding steroid dienone is 2. The van der Waals surface area contributed by atoms with E-state index in [2.05, 4.69) is 4.98 Å². The van der Waals surface area contributed by atoms with E-state index >= 15 is 0 Å². The number of hydrogen-bond acceptors (Lipinski definition) is 7. The van der Waals surface area contributed by atoms with Crippen LogP contribution in [0, 0.1) is 0 Å². The number of benzene rings is 1. The smallest absolute Gasteiger partial charge is 0.190 e. The van der Waals surface area contributed by atoms with Gasteiger partial charge >= 0.3 is 0 Å². The lowest BCUT2D eigenvalue weighted by atomic mass is 10.2. The third kappa shape index (κ3) is 3.32. The number of ether oxygens (including phenoxy) is 3. The van der Waals surface area contributed by atoms with E-state index in [0.29, 0.717) is 22.8 Å². The van der Waals surface area contributed by atoms with E-state index < -0.39 is 0 Å². The minimum absolute atomic E-state index is 0.137. The summed E-state index contributed by atoms with van der Waals surface area (Å²) in [6.45, 7) is 0. The zero-order valence-electron chi connectivity index (χ0n) is 12.4. The van der Waals surface area contributed by atoms with Gasteiger partial charge in [0.25, 0.3) is 0 Å². The van der Waals surface area contributed by atoms with Crippen molar-refractivity contribution in [2.45, 2.75) is 0 Å². The molecule has 7 heteroatoms. The Morgan fingerprint density at radius 1 is 1.00 bits per heavy atom. The molecule has 0 saturated carbocycles. The van der Waals surface area contributed by atoms with E-state index in [-0.39, 0.29) is 11.7 Å². The summed E-state index contributed by atoms with van der Waals surface area (Å²) in [5.41, 5.74) is 17.1. The van der Waals surface area contributed by atoms with Crippen LogP contribution in [-0.2, 0) is 0 Å². The van der Waals surface area contributed by atoms with Crippen LogP contribution in [0.15, 0.2) is 48.3 Å². The molecule has 1 aromatic heterocycles. The molecule has 6 N–H and O–H groups in total. The molecule has 116 valence electrons. The maximum Gasteiger partial charge on any atom is 0.190 e. The minimum atomic E-state index is 0.137. The first-order valence-electron chi connectivity index (χ1n) is 6.42. The second kappa shape index (κ2) is 6.57. The monoisotopic (exact) mass is 302 g/mol. The Morgan fingerprint density at radius 3 is 2.32 bits per heavy atom. The Bertz CT molecular complexity index is 737. The highest BCUT2D eigenvalue weighted by atomic mass is 16.5. The minimum Gasteiger partial charge on any atom is -0.493 e. The van der Waals surface area contributed by atoms with Gasteiger partial charge in [-0.05, 0) is 18.2 Å². The molecule has 0 aliphatic rings. The number of pyridine rings is 1. The number of hydrogen-bond donors (Lipinski definition) is 3. The predicted molar refractivity (Wildman–Crippen MR) is 84.2 cm³/mol. The molecule has 0 amide bonds. The van der Waals surface area contributed by atoms with E-state index in [1.54, 1.807) is 38.6 Å². The first kappa shape index (κ1) is 15.3. The van der Waals surface area contributed by atoms with Crippen LogP contribution in [0.2, 0.25) is 0 Å². The van der Waals surface area contributed by atoms with E-state index in [1.165, 1.54) is 12.2 Å². The van der Waals surface area contributed by atoms with E-state index in [9.17, 15) is 0 Å². The quantitative estimate of drug-likeness (QED) is 0.560. The highest BCUT2D eigenvalue weighted by Gasteiger charge is 2.11. The molecule has 22 heavy (non-hydrogen) atoms. The van der Waals surface area contributed by atoms with Crippen LogP contribution in [0.3, 0.4) is 0 Å². The molecule has 0 aliphatic heterocycles. The van der Waals surface area contributed by atoms with Crippen molar-refractivity contribution in [1.29, 1.82) is 0 Å². The fourth-order valence-corrected chi connectivity index (χ4v) is 1.88. The Balaban J connectivity index is 2.46. The second-order valence-electron chi connectivity index (χ2n) is 4.37. The summed E-state index contributed by atoms with van der Waals surface area (Å²) < 4.78 is 16.1. The SMILES string of the molecule is COc1cc2nccc(O/C(N)=C/C=C(N)N)c2cc1OC. The first-order valence-corrected chi connectivity index (χ1v) is 6.42. The van der Waals surface area contributed by atoms with Crippen molar-refractivity contribution in [3.8, 4) is 17.2 Å². The molecular formula is C15H18N4O3. The van der Waals surface area contributed by atoms with Crippen molar-refractivity contribution < 1.29 is 14.2 Å². The molecule has 0 aliphatic carbocycles. The molecule has 0 saturated heterocycles. The molecule has 0 unspecified atom stereocenters. The zero-order chi connectivity index (χ0) is 16.1. The first-order chi connectivity index (χ1) is 10.5. The molecular weight excluding hydrogens is 284 g/mol. The number of nitrogens with two attached hydrogens (primary N) is 3. The lowest BCUT2D eigenvalue weighted by Crippen LogP contribution is -2.09. The third-order valence-corrected chi connectivity index (χ3v) is 2.87. The fraction of sp³-hybridized carbons (Fsp3) is 0.133. The van der Waals surface area contributed by atoms with Crippen LogP contribution in [-0.4, -0.2) is 19.2 Å². The van der Waals surface area contributed by atoms with E-state index in [1.807, 2.05) is 0 Å². The maximum absolute atomic E-state index is 5.78. The van der Waals surface area contributed by atoms with Crippen LogP contribution in [0.4, 0.5) is 0 Å². The molecule has 2 aromatic rings. The van der Waals surface area contributed by atoms with Crippen molar-refractivity contribution in [2.75, 3.05) is 14.2 Å². The van der Waals surface area contributed by atoms with Crippen molar-refractivity contribution in [3.05, 3.63) is 48.3 Å². The summed E-state index contributed by atoms with van der Waals surface area (Å²) in [5.74, 6) is 1.97.